The van der Waals surface area contributed by atoms with Gasteiger partial charge in [-0.25, -0.2) is 9.19 Å². The smallest absolute Gasteiger partial charge is 0.194 e. The number of thiazole rings is 1. The molecule has 2 aromatic rings. The van der Waals surface area contributed by atoms with Gasteiger partial charge in [-0.2, -0.15) is 0 Å². The Morgan fingerprint density at radius 1 is 1.50 bits per heavy atom. The van der Waals surface area contributed by atoms with E-state index < -0.39 is 11.0 Å². The van der Waals surface area contributed by atoms with Crippen molar-refractivity contribution < 1.29 is 4.21 Å². The van der Waals surface area contributed by atoms with Crippen LogP contribution >= 0.6 is 22.9 Å². The molecule has 0 bridgehead atoms. The van der Waals surface area contributed by atoms with E-state index in [0.29, 0.717) is 11.0 Å². The van der Waals surface area contributed by atoms with Gasteiger partial charge in [0, 0.05) is 36.2 Å². The highest BCUT2D eigenvalue weighted by atomic mass is 35.5. The van der Waals surface area contributed by atoms with Crippen molar-refractivity contribution >= 4 is 44.7 Å². The largest absolute Gasteiger partial charge is 0.370 e. The van der Waals surface area contributed by atoms with E-state index in [1.54, 1.807) is 6.20 Å². The molecule has 4 nitrogen and oxygen atoms in total. The lowest BCUT2D eigenvalue weighted by Gasteiger charge is -2.17. The molecule has 0 saturated carbocycles. The quantitative estimate of drug-likeness (QED) is 0.859. The van der Waals surface area contributed by atoms with Gasteiger partial charge in [-0.15, -0.1) is 22.9 Å². The lowest BCUT2D eigenvalue weighted by molar-refractivity contribution is 0.686. The molecule has 1 atom stereocenters. The number of rotatable bonds is 5. The molecule has 0 amide bonds. The topological polar surface area (TPSA) is 45.2 Å². The van der Waals surface area contributed by atoms with Crippen molar-refractivity contribution in [1.29, 1.82) is 0 Å². The van der Waals surface area contributed by atoms with Crippen LogP contribution in [0.3, 0.4) is 0 Å². The van der Waals surface area contributed by atoms with Gasteiger partial charge in [-0.05, 0) is 30.2 Å². The molecule has 1 aliphatic rings. The molecule has 7 heteroatoms. The molecular weight excluding hydrogens is 314 g/mol. The lowest BCUT2D eigenvalue weighted by atomic mass is 10.2. The summed E-state index contributed by atoms with van der Waals surface area (Å²) in [6.45, 7) is 1.84. The van der Waals surface area contributed by atoms with Crippen LogP contribution in [0.4, 0.5) is 10.8 Å². The number of nitrogens with zero attached hydrogens (tertiary/aromatic N) is 2. The summed E-state index contributed by atoms with van der Waals surface area (Å²) in [4.78, 5) is 7.13. The van der Waals surface area contributed by atoms with Crippen molar-refractivity contribution in [1.82, 2.24) is 4.98 Å². The van der Waals surface area contributed by atoms with Crippen molar-refractivity contribution in [3.8, 4) is 0 Å². The van der Waals surface area contributed by atoms with Crippen LogP contribution in [0, 0.1) is 0 Å². The second kappa shape index (κ2) is 6.11. The molecule has 1 unspecified atom stereocenters. The Hall–Kier alpha value is -1.11. The summed E-state index contributed by atoms with van der Waals surface area (Å²) in [7, 11) is -1.27. The molecule has 3 rings (SSSR count). The van der Waals surface area contributed by atoms with Gasteiger partial charge < -0.3 is 4.90 Å². The normalized spacial score (nSPS) is 15.2. The van der Waals surface area contributed by atoms with Gasteiger partial charge in [-0.1, -0.05) is 0 Å². The third kappa shape index (κ3) is 2.82. The highest BCUT2D eigenvalue weighted by Crippen LogP contribution is 2.29. The molecule has 106 valence electrons. The molecule has 20 heavy (non-hydrogen) atoms. The third-order valence-electron chi connectivity index (χ3n) is 3.22. The average Bonchev–Trinajstić information content (AvgIpc) is 3.09. The van der Waals surface area contributed by atoms with Crippen LogP contribution in [0.1, 0.15) is 5.56 Å². The van der Waals surface area contributed by atoms with Crippen LogP contribution in [0.25, 0.3) is 0 Å². The second-order valence-electron chi connectivity index (χ2n) is 4.42. The lowest BCUT2D eigenvalue weighted by Crippen LogP contribution is -2.22. The summed E-state index contributed by atoms with van der Waals surface area (Å²) >= 11 is 7.24. The Labute approximate surface area is 129 Å². The summed E-state index contributed by atoms with van der Waals surface area (Å²) in [6.07, 6.45) is 2.67. The molecular formula is C13H14ClN3OS2. The number of halogens is 1. The number of anilines is 2. The SMILES string of the molecule is O=S(Nc1nccs1)c1ccc2c(c1)CCN2CCCl. The average molecular weight is 328 g/mol. The Morgan fingerprint density at radius 2 is 2.40 bits per heavy atom. The van der Waals surface area contributed by atoms with Crippen LogP contribution in [0.2, 0.25) is 0 Å². The fourth-order valence-corrected chi connectivity index (χ4v) is 4.07. The maximum atomic E-state index is 12.3. The van der Waals surface area contributed by atoms with Crippen LogP contribution < -0.4 is 9.62 Å². The van der Waals surface area contributed by atoms with Crippen LogP contribution in [0.15, 0.2) is 34.7 Å². The fraction of sp³-hybridized carbons (Fsp3) is 0.308. The molecule has 0 saturated heterocycles. The zero-order chi connectivity index (χ0) is 13.9. The second-order valence-corrected chi connectivity index (χ2v) is 6.91. The highest BCUT2D eigenvalue weighted by Gasteiger charge is 2.19. The van der Waals surface area contributed by atoms with Crippen molar-refractivity contribution in [2.45, 2.75) is 11.3 Å². The van der Waals surface area contributed by atoms with Crippen molar-refractivity contribution in [2.24, 2.45) is 0 Å². The summed E-state index contributed by atoms with van der Waals surface area (Å²) in [6, 6.07) is 5.95. The zero-order valence-electron chi connectivity index (χ0n) is 10.7. The van der Waals surface area contributed by atoms with Crippen LogP contribution in [-0.2, 0) is 17.4 Å². The molecule has 1 aromatic carbocycles. The van der Waals surface area contributed by atoms with Gasteiger partial charge in [0.05, 0.1) is 4.90 Å². The van der Waals surface area contributed by atoms with Crippen LogP contribution in [0.5, 0.6) is 0 Å². The van der Waals surface area contributed by atoms with E-state index in [1.807, 2.05) is 23.6 Å². The fourth-order valence-electron chi connectivity index (χ4n) is 2.31. The predicted octanol–water partition coefficient (Wildman–Crippen LogP) is 2.88. The minimum atomic E-state index is -1.27. The summed E-state index contributed by atoms with van der Waals surface area (Å²) in [5, 5.41) is 2.53. The van der Waals surface area contributed by atoms with Crippen molar-refractivity contribution in [3.63, 3.8) is 0 Å². The first-order valence-corrected chi connectivity index (χ1v) is 8.86. The van der Waals surface area contributed by atoms with Crippen LogP contribution in [-0.4, -0.2) is 28.2 Å². The number of nitrogens with one attached hydrogen (secondary N) is 1. The van der Waals surface area contributed by atoms with Gasteiger partial charge in [-0.3, -0.25) is 4.72 Å². The Kier molecular flexibility index (Phi) is 4.24. The first kappa shape index (κ1) is 13.9. The Morgan fingerprint density at radius 3 is 3.15 bits per heavy atom. The van der Waals surface area contributed by atoms with Gasteiger partial charge >= 0.3 is 0 Å². The number of alkyl halides is 1. The molecule has 2 heterocycles. The summed E-state index contributed by atoms with van der Waals surface area (Å²) in [5.74, 6) is 0.624. The summed E-state index contributed by atoms with van der Waals surface area (Å²) < 4.78 is 15.2. The zero-order valence-corrected chi connectivity index (χ0v) is 13.1. The van der Waals surface area contributed by atoms with E-state index >= 15 is 0 Å². The summed E-state index contributed by atoms with van der Waals surface area (Å²) in [5.41, 5.74) is 2.45. The molecule has 1 aliphatic heterocycles. The first-order chi connectivity index (χ1) is 9.78. The van der Waals surface area contributed by atoms with E-state index in [1.165, 1.54) is 22.6 Å². The minimum Gasteiger partial charge on any atom is -0.370 e. The molecule has 0 fully saturated rings. The number of fused-ring (bicyclic) bond motifs is 1. The third-order valence-corrected chi connectivity index (χ3v) is 5.27. The maximum Gasteiger partial charge on any atom is 0.194 e. The number of aromatic nitrogens is 1. The molecule has 0 spiro atoms. The van der Waals surface area contributed by atoms with Gasteiger partial charge in [0.2, 0.25) is 0 Å². The number of hydrogen-bond donors (Lipinski definition) is 1. The predicted molar refractivity (Wildman–Crippen MR) is 85.2 cm³/mol. The molecule has 1 aromatic heterocycles. The maximum absolute atomic E-state index is 12.3. The highest BCUT2D eigenvalue weighted by molar-refractivity contribution is 7.86. The molecule has 1 N–H and O–H groups in total. The number of hydrogen-bond acceptors (Lipinski definition) is 4. The molecule has 0 aliphatic carbocycles. The van der Waals surface area contributed by atoms with Crippen molar-refractivity contribution in [3.05, 3.63) is 35.3 Å². The monoisotopic (exact) mass is 327 g/mol. The van der Waals surface area contributed by atoms with E-state index in [2.05, 4.69) is 14.6 Å². The number of benzene rings is 1. The van der Waals surface area contributed by atoms with E-state index in [-0.39, 0.29) is 0 Å². The van der Waals surface area contributed by atoms with Gasteiger partial charge in [0.1, 0.15) is 0 Å². The standard InChI is InChI=1S/C13H14ClN3OS2/c14-4-7-17-6-3-10-9-11(1-2-12(10)17)20(18)16-13-15-5-8-19-13/h1-2,5,8-9H,3-4,6-7H2,(H,15,16). The van der Waals surface area contributed by atoms with E-state index in [0.717, 1.165) is 24.4 Å². The van der Waals surface area contributed by atoms with E-state index in [9.17, 15) is 4.21 Å². The minimum absolute atomic E-state index is 0.624. The molecule has 0 radical (unpaired) electrons. The van der Waals surface area contributed by atoms with Gasteiger partial charge in [0.25, 0.3) is 0 Å². The first-order valence-electron chi connectivity index (χ1n) is 6.29. The van der Waals surface area contributed by atoms with E-state index in [4.69, 9.17) is 11.6 Å². The van der Waals surface area contributed by atoms with Crippen molar-refractivity contribution in [2.75, 3.05) is 28.6 Å². The Bertz CT molecular complexity index is 618. The van der Waals surface area contributed by atoms with Gasteiger partial charge in [0.15, 0.2) is 16.1 Å². The Balaban J connectivity index is 1.77.